The first kappa shape index (κ1) is 18.5. The van der Waals surface area contributed by atoms with Gasteiger partial charge in [0.15, 0.2) is 0 Å². The van der Waals surface area contributed by atoms with Crippen LogP contribution in [0.3, 0.4) is 0 Å². The number of carbonyl (C=O) groups is 2. The van der Waals surface area contributed by atoms with Gasteiger partial charge in [0.2, 0.25) is 0 Å². The van der Waals surface area contributed by atoms with Crippen molar-refractivity contribution in [2.24, 2.45) is 0 Å². The molecule has 24 heavy (non-hydrogen) atoms. The van der Waals surface area contributed by atoms with Gasteiger partial charge in [-0.2, -0.15) is 0 Å². The molecule has 1 aromatic rings. The van der Waals surface area contributed by atoms with E-state index in [2.05, 4.69) is 26.6 Å². The Kier molecular flexibility index (Phi) is 6.39. The zero-order chi connectivity index (χ0) is 17.7. The van der Waals surface area contributed by atoms with E-state index in [-0.39, 0.29) is 18.7 Å². The topological polar surface area (TPSA) is 76.7 Å². The van der Waals surface area contributed by atoms with Gasteiger partial charge in [0.1, 0.15) is 6.61 Å². The summed E-state index contributed by atoms with van der Waals surface area (Å²) in [6, 6.07) is 6.52. The highest BCUT2D eigenvalue weighted by atomic mass is 79.9. The molecule has 7 heteroatoms. The van der Waals surface area contributed by atoms with Gasteiger partial charge in [0.05, 0.1) is 24.3 Å². The summed E-state index contributed by atoms with van der Waals surface area (Å²) in [7, 11) is 0. The number of esters is 1. The van der Waals surface area contributed by atoms with Gasteiger partial charge in [0.25, 0.3) is 0 Å². The second kappa shape index (κ2) is 8.30. The maximum Gasteiger partial charge on any atom is 0.338 e. The molecule has 0 bridgehead atoms. The van der Waals surface area contributed by atoms with E-state index < -0.39 is 12.0 Å². The quantitative estimate of drug-likeness (QED) is 0.572. The first-order valence-corrected chi connectivity index (χ1v) is 8.50. The van der Waals surface area contributed by atoms with E-state index >= 15 is 0 Å². The van der Waals surface area contributed by atoms with E-state index in [1.54, 1.807) is 6.92 Å². The van der Waals surface area contributed by atoms with Crippen molar-refractivity contribution in [2.75, 3.05) is 13.2 Å². The molecule has 2 amide bonds. The Morgan fingerprint density at radius 3 is 2.54 bits per heavy atom. The fourth-order valence-corrected chi connectivity index (χ4v) is 2.63. The molecule has 0 spiro atoms. The van der Waals surface area contributed by atoms with Gasteiger partial charge < -0.3 is 20.1 Å². The first-order valence-electron chi connectivity index (χ1n) is 7.71. The van der Waals surface area contributed by atoms with Crippen LogP contribution in [-0.4, -0.2) is 31.3 Å². The molecule has 0 unspecified atom stereocenters. The van der Waals surface area contributed by atoms with Gasteiger partial charge in [-0.3, -0.25) is 0 Å². The fraction of sp³-hybridized carbons (Fsp3) is 0.412. The Labute approximate surface area is 149 Å². The van der Waals surface area contributed by atoms with Crippen LogP contribution in [0.25, 0.3) is 0 Å². The van der Waals surface area contributed by atoms with Crippen molar-refractivity contribution in [3.63, 3.8) is 0 Å². The molecular weight excluding hydrogens is 376 g/mol. The second-order valence-corrected chi connectivity index (χ2v) is 6.59. The van der Waals surface area contributed by atoms with Gasteiger partial charge in [-0.15, -0.1) is 0 Å². The van der Waals surface area contributed by atoms with Gasteiger partial charge >= 0.3 is 12.0 Å². The monoisotopic (exact) mass is 396 g/mol. The number of nitrogens with one attached hydrogen (secondary N) is 2. The molecule has 1 aromatic carbocycles. The molecule has 2 rings (SSSR count). The van der Waals surface area contributed by atoms with Gasteiger partial charge in [-0.05, 0) is 38.5 Å². The minimum atomic E-state index is -0.551. The Morgan fingerprint density at radius 1 is 1.25 bits per heavy atom. The summed E-state index contributed by atoms with van der Waals surface area (Å²) in [6.45, 7) is 6.01. The molecule has 1 atom stereocenters. The van der Waals surface area contributed by atoms with Crippen LogP contribution in [0.15, 0.2) is 40.0 Å². The van der Waals surface area contributed by atoms with Crippen LogP contribution < -0.4 is 10.6 Å². The van der Waals surface area contributed by atoms with Crippen LogP contribution in [0.5, 0.6) is 0 Å². The van der Waals surface area contributed by atoms with Gasteiger partial charge in [-0.25, -0.2) is 9.59 Å². The number of urea groups is 1. The third-order valence-electron chi connectivity index (χ3n) is 3.46. The van der Waals surface area contributed by atoms with E-state index in [0.717, 1.165) is 10.0 Å². The number of allylic oxidation sites excluding steroid dienone is 1. The molecule has 6 nitrogen and oxygen atoms in total. The fourth-order valence-electron chi connectivity index (χ4n) is 2.37. The molecule has 1 aliphatic heterocycles. The Balaban J connectivity index is 2.16. The molecule has 0 saturated heterocycles. The average molecular weight is 397 g/mol. The third-order valence-corrected chi connectivity index (χ3v) is 3.99. The molecular formula is C17H21BrN2O4. The molecule has 0 fully saturated rings. The highest BCUT2D eigenvalue weighted by Crippen LogP contribution is 2.28. The van der Waals surface area contributed by atoms with Crippen LogP contribution in [0, 0.1) is 0 Å². The van der Waals surface area contributed by atoms with Crippen molar-refractivity contribution in [1.82, 2.24) is 10.6 Å². The third kappa shape index (κ3) is 4.82. The zero-order valence-corrected chi connectivity index (χ0v) is 15.5. The average Bonchev–Trinajstić information content (AvgIpc) is 2.51. The summed E-state index contributed by atoms with van der Waals surface area (Å²) in [4.78, 5) is 24.3. The normalized spacial score (nSPS) is 17.5. The Hall–Kier alpha value is -1.86. The van der Waals surface area contributed by atoms with Gasteiger partial charge in [-0.1, -0.05) is 28.1 Å². The van der Waals surface area contributed by atoms with Crippen molar-refractivity contribution in [2.45, 2.75) is 32.9 Å². The number of rotatable bonds is 6. The summed E-state index contributed by atoms with van der Waals surface area (Å²) in [6.07, 6.45) is 0.0794. The minimum absolute atomic E-state index is 0.0794. The summed E-state index contributed by atoms with van der Waals surface area (Å²) in [5.41, 5.74) is 1.68. The van der Waals surface area contributed by atoms with Gasteiger partial charge in [0, 0.05) is 10.2 Å². The van der Waals surface area contributed by atoms with Crippen LogP contribution in [0.4, 0.5) is 4.79 Å². The van der Waals surface area contributed by atoms with Crippen LogP contribution >= 0.6 is 15.9 Å². The lowest BCUT2D eigenvalue weighted by Gasteiger charge is -2.28. The largest absolute Gasteiger partial charge is 0.460 e. The molecule has 0 saturated carbocycles. The number of hydrogen-bond donors (Lipinski definition) is 2. The van der Waals surface area contributed by atoms with Crippen molar-refractivity contribution in [3.05, 3.63) is 45.6 Å². The number of ether oxygens (including phenoxy) is 2. The molecule has 2 N–H and O–H groups in total. The number of carbonyl (C=O) groups excluding carboxylic acids is 2. The standard InChI is InChI=1S/C17H21BrN2O4/c1-10(2)23-8-9-24-16(21)14-11(3)19-17(22)20-15(14)12-4-6-13(18)7-5-12/h4-7,10,15H,8-9H2,1-3H3,(H2,19,20,22)/t15-/m0/s1. The Bertz CT molecular complexity index is 640. The van der Waals surface area contributed by atoms with Crippen LogP contribution in [0.2, 0.25) is 0 Å². The Morgan fingerprint density at radius 2 is 1.92 bits per heavy atom. The summed E-state index contributed by atoms with van der Waals surface area (Å²) < 4.78 is 11.6. The van der Waals surface area contributed by atoms with Crippen LogP contribution in [-0.2, 0) is 14.3 Å². The van der Waals surface area contributed by atoms with E-state index in [4.69, 9.17) is 9.47 Å². The molecule has 0 aromatic heterocycles. The number of benzene rings is 1. The molecule has 0 aliphatic carbocycles. The van der Waals surface area contributed by atoms with Crippen molar-refractivity contribution >= 4 is 27.9 Å². The zero-order valence-electron chi connectivity index (χ0n) is 13.9. The summed E-state index contributed by atoms with van der Waals surface area (Å²) in [5, 5.41) is 5.39. The van der Waals surface area contributed by atoms with E-state index in [9.17, 15) is 9.59 Å². The van der Waals surface area contributed by atoms with Crippen molar-refractivity contribution < 1.29 is 19.1 Å². The molecule has 1 heterocycles. The van der Waals surface area contributed by atoms with E-state index in [1.165, 1.54) is 0 Å². The minimum Gasteiger partial charge on any atom is -0.460 e. The van der Waals surface area contributed by atoms with E-state index in [1.807, 2.05) is 38.1 Å². The maximum atomic E-state index is 12.5. The lowest BCUT2D eigenvalue weighted by atomic mass is 9.96. The second-order valence-electron chi connectivity index (χ2n) is 5.68. The SMILES string of the molecule is CC1=C(C(=O)OCCOC(C)C)[C@H](c2ccc(Br)cc2)NC(=O)N1. The lowest BCUT2D eigenvalue weighted by Crippen LogP contribution is -2.45. The first-order chi connectivity index (χ1) is 11.4. The lowest BCUT2D eigenvalue weighted by molar-refractivity contribution is -0.141. The highest BCUT2D eigenvalue weighted by molar-refractivity contribution is 9.10. The number of amides is 2. The number of hydrogen-bond acceptors (Lipinski definition) is 4. The molecule has 0 radical (unpaired) electrons. The highest BCUT2D eigenvalue weighted by Gasteiger charge is 2.32. The van der Waals surface area contributed by atoms with E-state index in [0.29, 0.717) is 17.9 Å². The summed E-state index contributed by atoms with van der Waals surface area (Å²) >= 11 is 3.37. The molecule has 1 aliphatic rings. The maximum absolute atomic E-state index is 12.5. The smallest absolute Gasteiger partial charge is 0.338 e. The van der Waals surface area contributed by atoms with Crippen LogP contribution in [0.1, 0.15) is 32.4 Å². The summed E-state index contributed by atoms with van der Waals surface area (Å²) in [5.74, 6) is -0.472. The number of halogens is 1. The van der Waals surface area contributed by atoms with Crippen molar-refractivity contribution in [3.8, 4) is 0 Å². The molecule has 130 valence electrons. The predicted molar refractivity (Wildman–Crippen MR) is 93.3 cm³/mol. The van der Waals surface area contributed by atoms with Crippen molar-refractivity contribution in [1.29, 1.82) is 0 Å². The predicted octanol–water partition coefficient (Wildman–Crippen LogP) is 3.05.